The number of rotatable bonds is 8. The summed E-state index contributed by atoms with van der Waals surface area (Å²) < 4.78 is 11.3. The maximum Gasteiger partial charge on any atom is 0.0596 e. The molecule has 1 fully saturated rings. The van der Waals surface area contributed by atoms with Crippen LogP contribution in [0.2, 0.25) is 0 Å². The molecule has 0 saturated carbocycles. The van der Waals surface area contributed by atoms with Crippen LogP contribution in [-0.2, 0) is 9.47 Å². The first-order chi connectivity index (χ1) is 9.08. The van der Waals surface area contributed by atoms with E-state index in [1.165, 1.54) is 19.5 Å². The summed E-state index contributed by atoms with van der Waals surface area (Å²) in [6.07, 6.45) is 1.94. The van der Waals surface area contributed by atoms with Gasteiger partial charge in [0.25, 0.3) is 0 Å². The van der Waals surface area contributed by atoms with Crippen molar-refractivity contribution in [1.82, 2.24) is 9.80 Å². The molecule has 0 atom stereocenters. The van der Waals surface area contributed by atoms with Gasteiger partial charge in [0.1, 0.15) is 0 Å². The Morgan fingerprint density at radius 2 is 1.16 bits per heavy atom. The van der Waals surface area contributed by atoms with Crippen LogP contribution in [0.3, 0.4) is 0 Å². The van der Waals surface area contributed by atoms with E-state index in [0.717, 1.165) is 39.4 Å². The zero-order chi connectivity index (χ0) is 14.1. The maximum atomic E-state index is 5.63. The first-order valence-electron chi connectivity index (χ1n) is 7.76. The summed E-state index contributed by atoms with van der Waals surface area (Å²) in [4.78, 5) is 5.04. The third-order valence-electron chi connectivity index (χ3n) is 3.40. The minimum atomic E-state index is 0.344. The second-order valence-corrected chi connectivity index (χ2v) is 5.88. The zero-order valence-electron chi connectivity index (χ0n) is 13.2. The topological polar surface area (TPSA) is 24.9 Å². The van der Waals surface area contributed by atoms with Crippen LogP contribution in [0.1, 0.15) is 34.1 Å². The largest absolute Gasteiger partial charge is 0.377 e. The van der Waals surface area contributed by atoms with Crippen molar-refractivity contribution in [3.63, 3.8) is 0 Å². The molecule has 0 aromatic carbocycles. The first kappa shape index (κ1) is 16.9. The van der Waals surface area contributed by atoms with Crippen LogP contribution in [0.4, 0.5) is 0 Å². The van der Waals surface area contributed by atoms with E-state index >= 15 is 0 Å². The van der Waals surface area contributed by atoms with Crippen LogP contribution in [0, 0.1) is 0 Å². The van der Waals surface area contributed by atoms with Gasteiger partial charge in [-0.2, -0.15) is 0 Å². The fourth-order valence-corrected chi connectivity index (χ4v) is 2.31. The lowest BCUT2D eigenvalue weighted by molar-refractivity contribution is 0.0548. The average Bonchev–Trinajstić information content (AvgIpc) is 2.54. The Morgan fingerprint density at radius 3 is 1.53 bits per heavy atom. The second-order valence-electron chi connectivity index (χ2n) is 5.88. The summed E-state index contributed by atoms with van der Waals surface area (Å²) >= 11 is 0. The molecule has 0 aromatic heterocycles. The molecule has 4 heteroatoms. The van der Waals surface area contributed by atoms with E-state index in [0.29, 0.717) is 12.2 Å². The van der Waals surface area contributed by atoms with Crippen molar-refractivity contribution in [2.24, 2.45) is 0 Å². The Hall–Kier alpha value is -0.160. The number of hydrogen-bond acceptors (Lipinski definition) is 4. The van der Waals surface area contributed by atoms with Gasteiger partial charge in [-0.15, -0.1) is 0 Å². The molecule has 1 heterocycles. The molecule has 19 heavy (non-hydrogen) atoms. The molecule has 0 radical (unpaired) electrons. The van der Waals surface area contributed by atoms with Gasteiger partial charge in [0, 0.05) is 26.2 Å². The normalized spacial score (nSPS) is 19.3. The standard InChI is InChI=1S/C15H32N2O2/c1-14(2)18-12-10-16-6-5-7-17(9-8-16)11-13-19-15(3)4/h14-15H,5-13H2,1-4H3. The van der Waals surface area contributed by atoms with Gasteiger partial charge >= 0.3 is 0 Å². The Balaban J connectivity index is 2.12. The minimum absolute atomic E-state index is 0.344. The molecule has 1 aliphatic heterocycles. The SMILES string of the molecule is CC(C)OCCN1CCCN(CCOC(C)C)CC1. The molecule has 0 spiro atoms. The number of hydrogen-bond donors (Lipinski definition) is 0. The molecular formula is C15H32N2O2. The Bertz CT molecular complexity index is 200. The molecule has 4 nitrogen and oxygen atoms in total. The van der Waals surface area contributed by atoms with Crippen molar-refractivity contribution in [2.75, 3.05) is 52.5 Å². The molecule has 0 amide bonds. The van der Waals surface area contributed by atoms with Gasteiger partial charge in [-0.3, -0.25) is 9.80 Å². The van der Waals surface area contributed by atoms with E-state index in [1.807, 2.05) is 0 Å². The third kappa shape index (κ3) is 8.58. The van der Waals surface area contributed by atoms with Crippen molar-refractivity contribution in [2.45, 2.75) is 46.3 Å². The summed E-state index contributed by atoms with van der Waals surface area (Å²) in [6, 6.07) is 0. The predicted octanol–water partition coefficient (Wildman–Crippen LogP) is 1.84. The molecule has 0 aliphatic carbocycles. The Labute approximate surface area is 119 Å². The predicted molar refractivity (Wildman–Crippen MR) is 79.7 cm³/mol. The molecule has 0 unspecified atom stereocenters. The van der Waals surface area contributed by atoms with Crippen LogP contribution in [0.25, 0.3) is 0 Å². The van der Waals surface area contributed by atoms with Crippen molar-refractivity contribution in [1.29, 1.82) is 0 Å². The van der Waals surface area contributed by atoms with Crippen molar-refractivity contribution >= 4 is 0 Å². The maximum absolute atomic E-state index is 5.63. The van der Waals surface area contributed by atoms with Gasteiger partial charge in [0.05, 0.1) is 25.4 Å². The lowest BCUT2D eigenvalue weighted by Crippen LogP contribution is -2.34. The summed E-state index contributed by atoms with van der Waals surface area (Å²) in [6.45, 7) is 16.9. The van der Waals surface area contributed by atoms with E-state index in [2.05, 4.69) is 37.5 Å². The fourth-order valence-electron chi connectivity index (χ4n) is 2.31. The molecule has 1 aliphatic rings. The van der Waals surface area contributed by atoms with Crippen LogP contribution in [0.15, 0.2) is 0 Å². The lowest BCUT2D eigenvalue weighted by Gasteiger charge is -2.22. The van der Waals surface area contributed by atoms with Gasteiger partial charge in [-0.05, 0) is 47.2 Å². The third-order valence-corrected chi connectivity index (χ3v) is 3.40. The molecule has 1 rings (SSSR count). The smallest absolute Gasteiger partial charge is 0.0596 e. The molecule has 0 bridgehead atoms. The Morgan fingerprint density at radius 1 is 0.737 bits per heavy atom. The Kier molecular flexibility index (Phi) is 8.62. The molecule has 114 valence electrons. The van der Waals surface area contributed by atoms with Crippen molar-refractivity contribution < 1.29 is 9.47 Å². The van der Waals surface area contributed by atoms with Gasteiger partial charge in [0.2, 0.25) is 0 Å². The zero-order valence-corrected chi connectivity index (χ0v) is 13.2. The first-order valence-corrected chi connectivity index (χ1v) is 7.76. The summed E-state index contributed by atoms with van der Waals surface area (Å²) in [5.74, 6) is 0. The number of nitrogens with zero attached hydrogens (tertiary/aromatic N) is 2. The summed E-state index contributed by atoms with van der Waals surface area (Å²) in [7, 11) is 0. The average molecular weight is 272 g/mol. The highest BCUT2D eigenvalue weighted by Crippen LogP contribution is 2.03. The number of ether oxygens (including phenoxy) is 2. The molecule has 1 saturated heterocycles. The second kappa shape index (κ2) is 9.70. The minimum Gasteiger partial charge on any atom is -0.377 e. The fraction of sp³-hybridized carbons (Fsp3) is 1.00. The van der Waals surface area contributed by atoms with Crippen LogP contribution >= 0.6 is 0 Å². The lowest BCUT2D eigenvalue weighted by atomic mass is 10.4. The summed E-state index contributed by atoms with van der Waals surface area (Å²) in [5, 5.41) is 0. The van der Waals surface area contributed by atoms with Gasteiger partial charge in [-0.1, -0.05) is 0 Å². The monoisotopic (exact) mass is 272 g/mol. The van der Waals surface area contributed by atoms with Gasteiger partial charge in [-0.25, -0.2) is 0 Å². The van der Waals surface area contributed by atoms with E-state index < -0.39 is 0 Å². The molecular weight excluding hydrogens is 240 g/mol. The molecule has 0 aromatic rings. The van der Waals surface area contributed by atoms with Gasteiger partial charge < -0.3 is 9.47 Å². The van der Waals surface area contributed by atoms with E-state index in [4.69, 9.17) is 9.47 Å². The van der Waals surface area contributed by atoms with Crippen LogP contribution in [-0.4, -0.2) is 74.5 Å². The van der Waals surface area contributed by atoms with Crippen molar-refractivity contribution in [3.05, 3.63) is 0 Å². The van der Waals surface area contributed by atoms with Gasteiger partial charge in [0.15, 0.2) is 0 Å². The summed E-state index contributed by atoms with van der Waals surface area (Å²) in [5.41, 5.74) is 0. The van der Waals surface area contributed by atoms with E-state index in [-0.39, 0.29) is 0 Å². The quantitative estimate of drug-likeness (QED) is 0.673. The highest BCUT2D eigenvalue weighted by atomic mass is 16.5. The highest BCUT2D eigenvalue weighted by Gasteiger charge is 2.14. The van der Waals surface area contributed by atoms with E-state index in [9.17, 15) is 0 Å². The van der Waals surface area contributed by atoms with Crippen LogP contribution in [0.5, 0.6) is 0 Å². The highest BCUT2D eigenvalue weighted by molar-refractivity contribution is 4.69. The van der Waals surface area contributed by atoms with Crippen molar-refractivity contribution in [3.8, 4) is 0 Å². The molecule has 0 N–H and O–H groups in total. The van der Waals surface area contributed by atoms with Crippen LogP contribution < -0.4 is 0 Å². The van der Waals surface area contributed by atoms with E-state index in [1.54, 1.807) is 0 Å².